The van der Waals surface area contributed by atoms with Crippen LogP contribution >= 0.6 is 15.9 Å². The van der Waals surface area contributed by atoms with Gasteiger partial charge in [-0.3, -0.25) is 0 Å². The second-order valence-corrected chi connectivity index (χ2v) is 5.55. The molecule has 0 saturated carbocycles. The Kier molecular flexibility index (Phi) is 4.61. The van der Waals surface area contributed by atoms with Crippen LogP contribution in [0.5, 0.6) is 0 Å². The number of benzene rings is 2. The zero-order chi connectivity index (χ0) is 14.7. The van der Waals surface area contributed by atoms with Gasteiger partial charge in [0.1, 0.15) is 0 Å². The van der Waals surface area contributed by atoms with Crippen LogP contribution in [0.1, 0.15) is 35.3 Å². The molecule has 0 radical (unpaired) electrons. The summed E-state index contributed by atoms with van der Waals surface area (Å²) < 4.78 is 0.610. The molecule has 2 rings (SSSR count). The Labute approximate surface area is 127 Å². The summed E-state index contributed by atoms with van der Waals surface area (Å²) in [7, 11) is 0. The molecule has 0 spiro atoms. The predicted molar refractivity (Wildman–Crippen MR) is 85.3 cm³/mol. The van der Waals surface area contributed by atoms with E-state index in [-0.39, 0.29) is 0 Å². The Morgan fingerprint density at radius 1 is 1.10 bits per heavy atom. The summed E-state index contributed by atoms with van der Waals surface area (Å²) in [4.78, 5) is 11.3. The van der Waals surface area contributed by atoms with E-state index >= 15 is 0 Å². The number of hydrogen-bond acceptors (Lipinski definition) is 1. The second-order valence-electron chi connectivity index (χ2n) is 4.70. The molecule has 20 heavy (non-hydrogen) atoms. The van der Waals surface area contributed by atoms with Gasteiger partial charge in [-0.25, -0.2) is 4.79 Å². The van der Waals surface area contributed by atoms with E-state index in [1.54, 1.807) is 12.1 Å². The lowest BCUT2D eigenvalue weighted by molar-refractivity contribution is 0.0696. The van der Waals surface area contributed by atoms with Gasteiger partial charge < -0.3 is 5.11 Å². The molecule has 0 aromatic heterocycles. The predicted octanol–water partition coefficient (Wildman–Crippen LogP) is 4.94. The number of halogens is 1. The van der Waals surface area contributed by atoms with Crippen molar-refractivity contribution in [1.82, 2.24) is 0 Å². The van der Waals surface area contributed by atoms with E-state index < -0.39 is 5.97 Å². The van der Waals surface area contributed by atoms with Gasteiger partial charge in [0.25, 0.3) is 0 Å². The molecule has 2 nitrogen and oxygen atoms in total. The van der Waals surface area contributed by atoms with E-state index in [1.165, 1.54) is 11.1 Å². The van der Waals surface area contributed by atoms with E-state index in [1.807, 2.05) is 6.07 Å². The van der Waals surface area contributed by atoms with Crippen molar-refractivity contribution in [3.63, 3.8) is 0 Å². The smallest absolute Gasteiger partial charge is 0.336 e. The van der Waals surface area contributed by atoms with Gasteiger partial charge in [0.05, 0.1) is 5.56 Å². The molecule has 2 aromatic carbocycles. The zero-order valence-corrected chi connectivity index (χ0v) is 13.2. The van der Waals surface area contributed by atoms with Crippen molar-refractivity contribution in [2.75, 3.05) is 0 Å². The third-order valence-electron chi connectivity index (χ3n) is 3.47. The van der Waals surface area contributed by atoms with Gasteiger partial charge in [-0.2, -0.15) is 0 Å². The molecule has 0 aliphatic carbocycles. The Morgan fingerprint density at radius 2 is 1.85 bits per heavy atom. The largest absolute Gasteiger partial charge is 0.478 e. The normalized spacial score (nSPS) is 10.6. The van der Waals surface area contributed by atoms with Gasteiger partial charge in [-0.15, -0.1) is 0 Å². The molecule has 0 fully saturated rings. The molecule has 1 N–H and O–H groups in total. The fraction of sp³-hybridized carbons (Fsp3) is 0.235. The molecule has 0 atom stereocenters. The summed E-state index contributed by atoms with van der Waals surface area (Å²) in [5, 5.41) is 9.23. The van der Waals surface area contributed by atoms with Gasteiger partial charge >= 0.3 is 5.97 Å². The molecule has 0 aliphatic rings. The maximum absolute atomic E-state index is 11.3. The number of carbonyl (C=O) groups is 1. The summed E-state index contributed by atoms with van der Waals surface area (Å²) in [6.07, 6.45) is 1.90. The van der Waals surface area contributed by atoms with E-state index in [4.69, 9.17) is 0 Å². The average Bonchev–Trinajstić information content (AvgIpc) is 2.46. The monoisotopic (exact) mass is 332 g/mol. The molecule has 2 aromatic rings. The Hall–Kier alpha value is -1.61. The second kappa shape index (κ2) is 6.23. The van der Waals surface area contributed by atoms with Crippen LogP contribution in [0.4, 0.5) is 0 Å². The quantitative estimate of drug-likeness (QED) is 0.860. The van der Waals surface area contributed by atoms with Crippen molar-refractivity contribution in [2.45, 2.75) is 26.7 Å². The highest BCUT2D eigenvalue weighted by molar-refractivity contribution is 9.10. The third-order valence-corrected chi connectivity index (χ3v) is 4.16. The molecule has 0 bridgehead atoms. The van der Waals surface area contributed by atoms with Crippen molar-refractivity contribution >= 4 is 21.9 Å². The Bertz CT molecular complexity index is 647. The van der Waals surface area contributed by atoms with Gasteiger partial charge in [0.15, 0.2) is 0 Å². The van der Waals surface area contributed by atoms with Crippen LogP contribution in [0, 0.1) is 0 Å². The minimum atomic E-state index is -0.914. The highest BCUT2D eigenvalue weighted by Crippen LogP contribution is 2.29. The highest BCUT2D eigenvalue weighted by atomic mass is 79.9. The van der Waals surface area contributed by atoms with Crippen LogP contribution in [-0.4, -0.2) is 11.1 Å². The fourth-order valence-electron chi connectivity index (χ4n) is 2.28. The minimum Gasteiger partial charge on any atom is -0.478 e. The fourth-order valence-corrected chi connectivity index (χ4v) is 2.69. The summed E-state index contributed by atoms with van der Waals surface area (Å²) in [6.45, 7) is 4.23. The molecule has 0 saturated heterocycles. The number of aryl methyl sites for hydroxylation is 2. The number of hydrogen-bond donors (Lipinski definition) is 1. The lowest BCUT2D eigenvalue weighted by Gasteiger charge is -2.11. The zero-order valence-electron chi connectivity index (χ0n) is 11.6. The minimum absolute atomic E-state index is 0.298. The van der Waals surface area contributed by atoms with Crippen LogP contribution in [0.3, 0.4) is 0 Å². The van der Waals surface area contributed by atoms with Crippen molar-refractivity contribution in [3.8, 4) is 11.1 Å². The first-order valence-corrected chi connectivity index (χ1v) is 7.51. The number of rotatable bonds is 4. The van der Waals surface area contributed by atoms with Crippen LogP contribution in [0.2, 0.25) is 0 Å². The Morgan fingerprint density at radius 3 is 2.45 bits per heavy atom. The molecule has 0 amide bonds. The summed E-state index contributed by atoms with van der Waals surface area (Å²) in [5.41, 5.74) is 4.88. The molecule has 3 heteroatoms. The van der Waals surface area contributed by atoms with E-state index in [9.17, 15) is 9.90 Å². The van der Waals surface area contributed by atoms with Gasteiger partial charge in [0.2, 0.25) is 0 Å². The lowest BCUT2D eigenvalue weighted by atomic mass is 9.94. The molecule has 0 aliphatic heterocycles. The van der Waals surface area contributed by atoms with E-state index in [0.717, 1.165) is 24.0 Å². The topological polar surface area (TPSA) is 37.3 Å². The summed E-state index contributed by atoms with van der Waals surface area (Å²) in [5.74, 6) is -0.914. The van der Waals surface area contributed by atoms with Crippen molar-refractivity contribution in [2.24, 2.45) is 0 Å². The Balaban J connectivity index is 2.61. The van der Waals surface area contributed by atoms with Gasteiger partial charge in [0, 0.05) is 4.47 Å². The number of aromatic carboxylic acids is 1. The molecule has 0 unspecified atom stereocenters. The van der Waals surface area contributed by atoms with Gasteiger partial charge in [-0.05, 0) is 63.2 Å². The van der Waals surface area contributed by atoms with E-state index in [2.05, 4.69) is 48.0 Å². The maximum atomic E-state index is 11.3. The average molecular weight is 333 g/mol. The van der Waals surface area contributed by atoms with Crippen LogP contribution in [-0.2, 0) is 12.8 Å². The first-order valence-electron chi connectivity index (χ1n) is 6.71. The summed E-state index contributed by atoms with van der Waals surface area (Å²) >= 11 is 3.29. The third kappa shape index (κ3) is 2.93. The van der Waals surface area contributed by atoms with Crippen LogP contribution in [0.25, 0.3) is 11.1 Å². The molecular formula is C17H17BrO2. The lowest BCUT2D eigenvalue weighted by Crippen LogP contribution is -1.99. The molecular weight excluding hydrogens is 316 g/mol. The number of carboxylic acid groups (broad SMARTS) is 1. The first kappa shape index (κ1) is 14.8. The summed E-state index contributed by atoms with van der Waals surface area (Å²) in [6, 6.07) is 11.9. The molecule has 104 valence electrons. The SMILES string of the molecule is CCc1ccc(CC)c(-c2ccc(Br)c(C(=O)O)c2)c1. The molecule has 0 heterocycles. The van der Waals surface area contributed by atoms with Gasteiger partial charge in [-0.1, -0.05) is 38.1 Å². The van der Waals surface area contributed by atoms with Crippen molar-refractivity contribution < 1.29 is 9.90 Å². The maximum Gasteiger partial charge on any atom is 0.336 e. The first-order chi connectivity index (χ1) is 9.56. The van der Waals surface area contributed by atoms with Crippen molar-refractivity contribution in [3.05, 3.63) is 57.6 Å². The van der Waals surface area contributed by atoms with E-state index in [0.29, 0.717) is 10.0 Å². The van der Waals surface area contributed by atoms with Crippen molar-refractivity contribution in [1.29, 1.82) is 0 Å². The number of carboxylic acids is 1. The highest BCUT2D eigenvalue weighted by Gasteiger charge is 2.12. The van der Waals surface area contributed by atoms with Crippen LogP contribution < -0.4 is 0 Å². The standard InChI is InChI=1S/C17H17BrO2/c1-3-11-5-6-12(4-2)14(9-11)13-7-8-16(18)15(10-13)17(19)20/h5-10H,3-4H2,1-2H3,(H,19,20). The van der Waals surface area contributed by atoms with Crippen LogP contribution in [0.15, 0.2) is 40.9 Å².